The molecule has 0 aliphatic carbocycles. The molecule has 0 saturated heterocycles. The topological polar surface area (TPSA) is 46.2 Å². The molecule has 0 bridgehead atoms. The van der Waals surface area contributed by atoms with E-state index >= 15 is 0 Å². The largest absolute Gasteiger partial charge is 0.416 e. The molecule has 0 heterocycles. The maximum Gasteiger partial charge on any atom is 0.416 e. The van der Waals surface area contributed by atoms with Crippen molar-refractivity contribution in [3.8, 4) is 0 Å². The second-order valence-corrected chi connectivity index (χ2v) is 8.97. The molecule has 0 amide bonds. The SMILES string of the molecule is O=S(=O)(Nc1ccccc1)c1ccc(CC(=S)Cc2cccc(C(F)(F)F)c2)cc1. The molecule has 3 rings (SSSR count). The Morgan fingerprint density at radius 3 is 2.10 bits per heavy atom. The third-order valence-electron chi connectivity index (χ3n) is 4.32. The van der Waals surface area contributed by atoms with E-state index in [1.54, 1.807) is 48.5 Å². The molecule has 3 aromatic rings. The Labute approximate surface area is 178 Å². The van der Waals surface area contributed by atoms with E-state index in [9.17, 15) is 21.6 Å². The normalized spacial score (nSPS) is 11.8. The molecule has 0 aliphatic heterocycles. The van der Waals surface area contributed by atoms with Crippen LogP contribution >= 0.6 is 12.2 Å². The molecule has 156 valence electrons. The zero-order chi connectivity index (χ0) is 21.8. The van der Waals surface area contributed by atoms with Gasteiger partial charge in [0.05, 0.1) is 10.5 Å². The zero-order valence-electron chi connectivity index (χ0n) is 15.7. The van der Waals surface area contributed by atoms with E-state index in [2.05, 4.69) is 4.72 Å². The van der Waals surface area contributed by atoms with Crippen LogP contribution in [-0.2, 0) is 29.0 Å². The third kappa shape index (κ3) is 5.90. The minimum Gasteiger partial charge on any atom is -0.280 e. The molecule has 0 spiro atoms. The Morgan fingerprint density at radius 2 is 1.47 bits per heavy atom. The highest BCUT2D eigenvalue weighted by atomic mass is 32.2. The van der Waals surface area contributed by atoms with Crippen LogP contribution in [0.1, 0.15) is 16.7 Å². The van der Waals surface area contributed by atoms with Crippen LogP contribution in [0.3, 0.4) is 0 Å². The van der Waals surface area contributed by atoms with Crippen molar-refractivity contribution in [2.45, 2.75) is 23.9 Å². The molecule has 3 aromatic carbocycles. The van der Waals surface area contributed by atoms with Crippen molar-refractivity contribution >= 4 is 32.8 Å². The van der Waals surface area contributed by atoms with E-state index in [1.807, 2.05) is 0 Å². The van der Waals surface area contributed by atoms with E-state index in [1.165, 1.54) is 18.2 Å². The quantitative estimate of drug-likeness (QED) is 0.474. The first-order valence-electron chi connectivity index (χ1n) is 8.98. The molecule has 0 aromatic heterocycles. The van der Waals surface area contributed by atoms with Gasteiger partial charge in [-0.3, -0.25) is 4.72 Å². The molecule has 0 fully saturated rings. The van der Waals surface area contributed by atoms with Crippen LogP contribution in [0.2, 0.25) is 0 Å². The maximum atomic E-state index is 12.8. The molecule has 3 nitrogen and oxygen atoms in total. The number of para-hydroxylation sites is 1. The second-order valence-electron chi connectivity index (χ2n) is 6.71. The van der Waals surface area contributed by atoms with Crippen molar-refractivity contribution in [3.63, 3.8) is 0 Å². The van der Waals surface area contributed by atoms with Gasteiger partial charge in [0, 0.05) is 23.4 Å². The smallest absolute Gasteiger partial charge is 0.280 e. The minimum absolute atomic E-state index is 0.110. The Balaban J connectivity index is 1.65. The van der Waals surface area contributed by atoms with Gasteiger partial charge in [0.2, 0.25) is 0 Å². The summed E-state index contributed by atoms with van der Waals surface area (Å²) in [6.07, 6.45) is -3.81. The van der Waals surface area contributed by atoms with Gasteiger partial charge in [0.25, 0.3) is 10.0 Å². The summed E-state index contributed by atoms with van der Waals surface area (Å²) in [5, 5.41) is 0. The van der Waals surface area contributed by atoms with E-state index in [0.717, 1.165) is 17.7 Å². The van der Waals surface area contributed by atoms with Gasteiger partial charge in [0.1, 0.15) is 0 Å². The van der Waals surface area contributed by atoms with Crippen LogP contribution < -0.4 is 4.72 Å². The van der Waals surface area contributed by atoms with Gasteiger partial charge in [-0.1, -0.05) is 60.7 Å². The van der Waals surface area contributed by atoms with Gasteiger partial charge in [-0.05, 0) is 41.5 Å². The van der Waals surface area contributed by atoms with Crippen LogP contribution in [0.25, 0.3) is 0 Å². The number of hydrogen-bond donors (Lipinski definition) is 1. The molecule has 1 N–H and O–H groups in total. The standard InChI is InChI=1S/C22H18F3NO2S2/c23-22(24,25)18-6-4-5-17(13-18)15-20(29)14-16-9-11-21(12-10-16)30(27,28)26-19-7-2-1-3-8-19/h1-13,26H,14-15H2. The zero-order valence-corrected chi connectivity index (χ0v) is 17.3. The van der Waals surface area contributed by atoms with Gasteiger partial charge in [0.15, 0.2) is 0 Å². The molecule has 30 heavy (non-hydrogen) atoms. The Bertz CT molecular complexity index is 1130. The van der Waals surface area contributed by atoms with Crippen LogP contribution in [0.4, 0.5) is 18.9 Å². The minimum atomic E-state index is -4.40. The van der Waals surface area contributed by atoms with Crippen molar-refractivity contribution in [3.05, 3.63) is 95.6 Å². The molecule has 0 radical (unpaired) electrons. The molecule has 0 saturated carbocycles. The van der Waals surface area contributed by atoms with E-state index in [0.29, 0.717) is 22.5 Å². The van der Waals surface area contributed by atoms with Gasteiger partial charge >= 0.3 is 6.18 Å². The van der Waals surface area contributed by atoms with Gasteiger partial charge in [-0.2, -0.15) is 13.2 Å². The molecule has 0 aliphatic rings. The maximum absolute atomic E-state index is 12.8. The van der Waals surface area contributed by atoms with Crippen molar-refractivity contribution in [1.82, 2.24) is 0 Å². The third-order valence-corrected chi connectivity index (χ3v) is 6.00. The predicted molar refractivity (Wildman–Crippen MR) is 115 cm³/mol. The Morgan fingerprint density at radius 1 is 0.833 bits per heavy atom. The highest BCUT2D eigenvalue weighted by Gasteiger charge is 2.30. The fourth-order valence-corrected chi connectivity index (χ4v) is 4.27. The lowest BCUT2D eigenvalue weighted by molar-refractivity contribution is -0.137. The summed E-state index contributed by atoms with van der Waals surface area (Å²) in [6, 6.07) is 19.9. The van der Waals surface area contributed by atoms with Crippen molar-refractivity contribution in [2.75, 3.05) is 4.72 Å². The molecule has 0 unspecified atom stereocenters. The van der Waals surface area contributed by atoms with E-state index in [-0.39, 0.29) is 11.3 Å². The first kappa shape index (κ1) is 22.0. The summed E-state index contributed by atoms with van der Waals surface area (Å²) in [4.78, 5) is 0.672. The van der Waals surface area contributed by atoms with E-state index in [4.69, 9.17) is 12.2 Å². The fourth-order valence-electron chi connectivity index (χ4n) is 2.88. The lowest BCUT2D eigenvalue weighted by atomic mass is 10.0. The Hall–Kier alpha value is -2.71. The average Bonchev–Trinajstić information content (AvgIpc) is 2.68. The lowest BCUT2D eigenvalue weighted by Crippen LogP contribution is -2.13. The Kier molecular flexibility index (Phi) is 6.58. The summed E-state index contributed by atoms with van der Waals surface area (Å²) < 4.78 is 65.9. The number of hydrogen-bond acceptors (Lipinski definition) is 3. The van der Waals surface area contributed by atoms with Crippen molar-refractivity contribution in [2.24, 2.45) is 0 Å². The average molecular weight is 450 g/mol. The highest BCUT2D eigenvalue weighted by Crippen LogP contribution is 2.29. The highest BCUT2D eigenvalue weighted by molar-refractivity contribution is 7.92. The predicted octanol–water partition coefficient (Wildman–Crippen LogP) is 5.66. The summed E-state index contributed by atoms with van der Waals surface area (Å²) in [5.41, 5.74) is 1.03. The first-order chi connectivity index (χ1) is 14.1. The monoisotopic (exact) mass is 449 g/mol. The van der Waals surface area contributed by atoms with Crippen LogP contribution in [0, 0.1) is 0 Å². The van der Waals surface area contributed by atoms with Gasteiger partial charge in [-0.25, -0.2) is 8.42 Å². The van der Waals surface area contributed by atoms with Crippen molar-refractivity contribution < 1.29 is 21.6 Å². The molecule has 0 atom stereocenters. The van der Waals surface area contributed by atoms with Crippen molar-refractivity contribution in [1.29, 1.82) is 0 Å². The number of anilines is 1. The number of sulfonamides is 1. The molecular weight excluding hydrogens is 431 g/mol. The summed E-state index contributed by atoms with van der Waals surface area (Å²) in [5.74, 6) is 0. The van der Waals surface area contributed by atoms with E-state index < -0.39 is 21.8 Å². The fraction of sp³-hybridized carbons (Fsp3) is 0.136. The van der Waals surface area contributed by atoms with Crippen LogP contribution in [0.15, 0.2) is 83.8 Å². The number of halogens is 3. The second kappa shape index (κ2) is 8.97. The summed E-state index contributed by atoms with van der Waals surface area (Å²) >= 11 is 5.34. The first-order valence-corrected chi connectivity index (χ1v) is 10.9. The number of nitrogens with one attached hydrogen (secondary N) is 1. The summed E-state index contributed by atoms with van der Waals surface area (Å²) in [6.45, 7) is 0. The molecular formula is C22H18F3NO2S2. The van der Waals surface area contributed by atoms with Gasteiger partial charge in [-0.15, -0.1) is 0 Å². The number of thiocarbonyl (C=S) groups is 1. The summed E-state index contributed by atoms with van der Waals surface area (Å²) in [7, 11) is -3.72. The number of rotatable bonds is 7. The molecule has 8 heteroatoms. The number of benzene rings is 3. The van der Waals surface area contributed by atoms with Crippen LogP contribution in [0.5, 0.6) is 0 Å². The van der Waals surface area contributed by atoms with Gasteiger partial charge < -0.3 is 0 Å². The number of alkyl halides is 3. The lowest BCUT2D eigenvalue weighted by Gasteiger charge is -2.10. The van der Waals surface area contributed by atoms with Crippen LogP contribution in [-0.4, -0.2) is 13.3 Å².